The summed E-state index contributed by atoms with van der Waals surface area (Å²) < 4.78 is 50.0. The van der Waals surface area contributed by atoms with E-state index < -0.39 is 17.8 Å². The smallest absolute Gasteiger partial charge is 0.435 e. The summed E-state index contributed by atoms with van der Waals surface area (Å²) in [5.41, 5.74) is -0.266. The molecule has 0 radical (unpaired) electrons. The summed E-state index contributed by atoms with van der Waals surface area (Å²) in [6, 6.07) is 6.33. The van der Waals surface area contributed by atoms with E-state index in [0.29, 0.717) is 24.5 Å². The van der Waals surface area contributed by atoms with Crippen molar-refractivity contribution in [2.75, 3.05) is 20.3 Å². The summed E-state index contributed by atoms with van der Waals surface area (Å²) in [6.45, 7) is 0.662. The number of ether oxygens (including phenoxy) is 2. The molecule has 1 aliphatic heterocycles. The lowest BCUT2D eigenvalue weighted by molar-refractivity contribution is -0.141. The highest BCUT2D eigenvalue weighted by atomic mass is 19.4. The van der Waals surface area contributed by atoms with Crippen LogP contribution in [0.5, 0.6) is 11.5 Å². The number of aryl methyl sites for hydroxylation is 1. The summed E-state index contributed by atoms with van der Waals surface area (Å²) in [4.78, 5) is 12.2. The third-order valence-corrected chi connectivity index (χ3v) is 4.21. The van der Waals surface area contributed by atoms with Crippen molar-refractivity contribution in [3.8, 4) is 11.5 Å². The molecule has 0 aliphatic carbocycles. The van der Waals surface area contributed by atoms with Gasteiger partial charge in [-0.15, -0.1) is 0 Å². The van der Waals surface area contributed by atoms with Crippen LogP contribution in [0.15, 0.2) is 24.3 Å². The first-order chi connectivity index (χ1) is 12.3. The largest absolute Gasteiger partial charge is 0.493 e. The van der Waals surface area contributed by atoms with Gasteiger partial charge in [0.25, 0.3) is 5.91 Å². The van der Waals surface area contributed by atoms with E-state index in [0.717, 1.165) is 16.3 Å². The lowest BCUT2D eigenvalue weighted by atomic mass is 9.96. The van der Waals surface area contributed by atoms with Gasteiger partial charge in [-0.25, -0.2) is 0 Å². The monoisotopic (exact) mass is 369 g/mol. The Morgan fingerprint density at radius 3 is 2.88 bits per heavy atom. The highest BCUT2D eigenvalue weighted by Gasteiger charge is 2.35. The Balaban J connectivity index is 1.63. The number of nitrogens with zero attached hydrogens (tertiary/aromatic N) is 2. The molecule has 1 aromatic heterocycles. The van der Waals surface area contributed by atoms with Crippen LogP contribution in [0.25, 0.3) is 0 Å². The fourth-order valence-electron chi connectivity index (χ4n) is 2.89. The molecule has 2 aromatic rings. The molecule has 0 spiro atoms. The van der Waals surface area contributed by atoms with Gasteiger partial charge in [-0.2, -0.15) is 18.3 Å². The fourth-order valence-corrected chi connectivity index (χ4v) is 2.89. The van der Waals surface area contributed by atoms with Gasteiger partial charge in [-0.1, -0.05) is 12.1 Å². The first-order valence-corrected chi connectivity index (χ1v) is 7.97. The molecule has 1 atom stereocenters. The van der Waals surface area contributed by atoms with E-state index in [1.165, 1.54) is 7.05 Å². The van der Waals surface area contributed by atoms with E-state index >= 15 is 0 Å². The molecule has 1 aliphatic rings. The standard InChI is InChI=1S/C17H18F3N3O3/c1-23-12(7-14(22-23)17(18,19)20)16(24)21-8-10-6-11-4-3-5-13(25-2)15(11)26-9-10/h3-5,7,10H,6,8-9H2,1-2H3,(H,21,24)/t10-/m0/s1. The van der Waals surface area contributed by atoms with E-state index in [1.54, 1.807) is 7.11 Å². The summed E-state index contributed by atoms with van der Waals surface area (Å²) in [7, 11) is 2.87. The second kappa shape index (κ2) is 6.89. The minimum absolute atomic E-state index is 0.00821. The van der Waals surface area contributed by atoms with Crippen LogP contribution >= 0.6 is 0 Å². The number of para-hydroxylation sites is 1. The van der Waals surface area contributed by atoms with Crippen LogP contribution in [0.3, 0.4) is 0 Å². The minimum Gasteiger partial charge on any atom is -0.493 e. The van der Waals surface area contributed by atoms with E-state index in [2.05, 4.69) is 10.4 Å². The number of methoxy groups -OCH3 is 1. The number of carbonyl (C=O) groups excluding carboxylic acids is 1. The van der Waals surface area contributed by atoms with Gasteiger partial charge in [-0.3, -0.25) is 9.48 Å². The molecule has 26 heavy (non-hydrogen) atoms. The summed E-state index contributed by atoms with van der Waals surface area (Å²) in [6.07, 6.45) is -3.91. The first-order valence-electron chi connectivity index (χ1n) is 7.97. The number of aromatic nitrogens is 2. The predicted molar refractivity (Wildman–Crippen MR) is 86.2 cm³/mol. The van der Waals surface area contributed by atoms with E-state index in [1.807, 2.05) is 18.2 Å². The van der Waals surface area contributed by atoms with Gasteiger partial charge >= 0.3 is 6.18 Å². The molecule has 0 saturated carbocycles. The molecule has 6 nitrogen and oxygen atoms in total. The molecule has 1 aromatic carbocycles. The quantitative estimate of drug-likeness (QED) is 0.899. The van der Waals surface area contributed by atoms with Crippen LogP contribution in [0.2, 0.25) is 0 Å². The maximum Gasteiger partial charge on any atom is 0.435 e. The Bertz CT molecular complexity index is 817. The Morgan fingerprint density at radius 1 is 1.46 bits per heavy atom. The van der Waals surface area contributed by atoms with E-state index in [4.69, 9.17) is 9.47 Å². The number of halogens is 3. The average Bonchev–Trinajstić information content (AvgIpc) is 3.01. The zero-order valence-corrected chi connectivity index (χ0v) is 14.3. The molecule has 0 saturated heterocycles. The van der Waals surface area contributed by atoms with Gasteiger partial charge in [0.15, 0.2) is 17.2 Å². The number of alkyl halides is 3. The maximum absolute atomic E-state index is 12.7. The molecule has 9 heteroatoms. The third-order valence-electron chi connectivity index (χ3n) is 4.21. The van der Waals surface area contributed by atoms with Crippen LogP contribution in [0.4, 0.5) is 13.2 Å². The SMILES string of the molecule is COc1cccc2c1OC[C@H](CNC(=O)c1cc(C(F)(F)F)nn1C)C2. The molecule has 1 N–H and O–H groups in total. The number of nitrogens with one attached hydrogen (secondary N) is 1. The first kappa shape index (κ1) is 18.1. The van der Waals surface area contributed by atoms with Crippen molar-refractivity contribution in [3.63, 3.8) is 0 Å². The number of amides is 1. The van der Waals surface area contributed by atoms with Gasteiger partial charge in [0.05, 0.1) is 13.7 Å². The van der Waals surface area contributed by atoms with Crippen LogP contribution in [0, 0.1) is 5.92 Å². The van der Waals surface area contributed by atoms with E-state index in [9.17, 15) is 18.0 Å². The van der Waals surface area contributed by atoms with Gasteiger partial charge in [0.1, 0.15) is 5.69 Å². The molecular formula is C17H18F3N3O3. The lowest BCUT2D eigenvalue weighted by Gasteiger charge is -2.26. The number of hydrogen-bond acceptors (Lipinski definition) is 4. The van der Waals surface area contributed by atoms with Crippen molar-refractivity contribution in [2.45, 2.75) is 12.6 Å². The van der Waals surface area contributed by atoms with Crippen molar-refractivity contribution in [1.82, 2.24) is 15.1 Å². The molecule has 1 amide bonds. The van der Waals surface area contributed by atoms with Crippen molar-refractivity contribution >= 4 is 5.91 Å². The maximum atomic E-state index is 12.7. The molecular weight excluding hydrogens is 351 g/mol. The zero-order chi connectivity index (χ0) is 18.9. The van der Waals surface area contributed by atoms with Crippen LogP contribution in [-0.4, -0.2) is 35.9 Å². The highest BCUT2D eigenvalue weighted by molar-refractivity contribution is 5.92. The average molecular weight is 369 g/mol. The number of rotatable bonds is 4. The Hall–Kier alpha value is -2.71. The van der Waals surface area contributed by atoms with Crippen LogP contribution in [-0.2, 0) is 19.6 Å². The van der Waals surface area contributed by atoms with Crippen molar-refractivity contribution in [2.24, 2.45) is 13.0 Å². The van der Waals surface area contributed by atoms with Crippen molar-refractivity contribution in [1.29, 1.82) is 0 Å². The Labute approximate surface area is 147 Å². The summed E-state index contributed by atoms with van der Waals surface area (Å²) in [5, 5.41) is 5.99. The molecule has 0 fully saturated rings. The van der Waals surface area contributed by atoms with Gasteiger partial charge in [-0.05, 0) is 18.1 Å². The predicted octanol–water partition coefficient (Wildman–Crippen LogP) is 2.43. The van der Waals surface area contributed by atoms with Gasteiger partial charge in [0.2, 0.25) is 0 Å². The Kier molecular flexibility index (Phi) is 4.80. The second-order valence-electron chi connectivity index (χ2n) is 6.08. The number of carbonyl (C=O) groups is 1. The molecule has 2 heterocycles. The number of benzene rings is 1. The normalized spacial score (nSPS) is 16.6. The van der Waals surface area contributed by atoms with Crippen molar-refractivity contribution in [3.05, 3.63) is 41.2 Å². The van der Waals surface area contributed by atoms with Crippen LogP contribution < -0.4 is 14.8 Å². The topological polar surface area (TPSA) is 65.4 Å². The zero-order valence-electron chi connectivity index (χ0n) is 14.3. The lowest BCUT2D eigenvalue weighted by Crippen LogP contribution is -2.35. The number of hydrogen-bond donors (Lipinski definition) is 1. The summed E-state index contributed by atoms with van der Waals surface area (Å²) >= 11 is 0. The van der Waals surface area contributed by atoms with Gasteiger partial charge < -0.3 is 14.8 Å². The van der Waals surface area contributed by atoms with E-state index in [-0.39, 0.29) is 18.2 Å². The number of fused-ring (bicyclic) bond motifs is 1. The van der Waals surface area contributed by atoms with Crippen LogP contribution in [0.1, 0.15) is 21.7 Å². The van der Waals surface area contributed by atoms with Gasteiger partial charge in [0, 0.05) is 25.6 Å². The Morgan fingerprint density at radius 2 is 2.23 bits per heavy atom. The fraction of sp³-hybridized carbons (Fsp3) is 0.412. The second-order valence-corrected chi connectivity index (χ2v) is 6.08. The molecule has 3 rings (SSSR count). The molecule has 0 bridgehead atoms. The third kappa shape index (κ3) is 3.61. The minimum atomic E-state index is -4.59. The highest BCUT2D eigenvalue weighted by Crippen LogP contribution is 2.35. The molecule has 0 unspecified atom stereocenters. The molecule has 140 valence electrons. The van der Waals surface area contributed by atoms with Crippen molar-refractivity contribution < 1.29 is 27.4 Å². The summed E-state index contributed by atoms with van der Waals surface area (Å²) in [5.74, 6) is 0.749.